The van der Waals surface area contributed by atoms with Gasteiger partial charge in [0.15, 0.2) is 0 Å². The molecule has 162 valence electrons. The summed E-state index contributed by atoms with van der Waals surface area (Å²) in [6, 6.07) is 32.5. The third-order valence-corrected chi connectivity index (χ3v) is 7.11. The van der Waals surface area contributed by atoms with E-state index in [4.69, 9.17) is 0 Å². The molecule has 4 aromatic carbocycles. The SMILES string of the molecule is O=c1c2ccccc2[nH]c2c(-c3c(-c4ccc(Br)cc4)[nH]c4ccccc34)c3ccccc3n12. The van der Waals surface area contributed by atoms with Gasteiger partial charge in [0.05, 0.1) is 22.1 Å². The number of aromatic amines is 2. The Morgan fingerprint density at radius 1 is 0.618 bits per heavy atom. The molecular formula is C29H18BrN3O. The number of hydrogen-bond donors (Lipinski definition) is 2. The summed E-state index contributed by atoms with van der Waals surface area (Å²) in [4.78, 5) is 20.9. The molecule has 0 saturated carbocycles. The van der Waals surface area contributed by atoms with Crippen LogP contribution >= 0.6 is 15.9 Å². The van der Waals surface area contributed by atoms with Crippen molar-refractivity contribution in [1.82, 2.24) is 14.4 Å². The zero-order valence-electron chi connectivity index (χ0n) is 18.0. The van der Waals surface area contributed by atoms with Gasteiger partial charge in [-0.25, -0.2) is 0 Å². The molecule has 3 heterocycles. The van der Waals surface area contributed by atoms with E-state index in [2.05, 4.69) is 74.4 Å². The highest BCUT2D eigenvalue weighted by atomic mass is 79.9. The topological polar surface area (TPSA) is 53.1 Å². The highest BCUT2D eigenvalue weighted by Gasteiger charge is 2.23. The number of rotatable bonds is 2. The van der Waals surface area contributed by atoms with Gasteiger partial charge < -0.3 is 9.97 Å². The van der Waals surface area contributed by atoms with E-state index in [0.717, 1.165) is 59.8 Å². The van der Waals surface area contributed by atoms with Crippen molar-refractivity contribution in [2.24, 2.45) is 0 Å². The van der Waals surface area contributed by atoms with E-state index in [9.17, 15) is 4.79 Å². The van der Waals surface area contributed by atoms with Crippen molar-refractivity contribution in [3.05, 3.63) is 112 Å². The van der Waals surface area contributed by atoms with E-state index in [1.54, 1.807) is 0 Å². The first kappa shape index (κ1) is 19.4. The lowest BCUT2D eigenvalue weighted by molar-refractivity contribution is 1.15. The molecule has 7 aromatic rings. The average molecular weight is 504 g/mol. The molecule has 7 rings (SSSR count). The molecule has 0 aliphatic heterocycles. The lowest BCUT2D eigenvalue weighted by Gasteiger charge is -2.07. The number of hydrogen-bond acceptors (Lipinski definition) is 1. The maximum Gasteiger partial charge on any atom is 0.266 e. The number of aromatic nitrogens is 3. The number of halogens is 1. The number of fused-ring (bicyclic) bond motifs is 5. The fourth-order valence-corrected chi connectivity index (χ4v) is 5.35. The number of H-pyrrole nitrogens is 2. The second-order valence-electron chi connectivity index (χ2n) is 8.48. The van der Waals surface area contributed by atoms with Crippen molar-refractivity contribution in [3.8, 4) is 22.4 Å². The van der Waals surface area contributed by atoms with E-state index in [-0.39, 0.29) is 5.56 Å². The van der Waals surface area contributed by atoms with Crippen LogP contribution in [0.15, 0.2) is 106 Å². The van der Waals surface area contributed by atoms with Gasteiger partial charge in [0.2, 0.25) is 0 Å². The number of nitrogens with zero attached hydrogens (tertiary/aromatic N) is 1. The van der Waals surface area contributed by atoms with Gasteiger partial charge in [0.25, 0.3) is 5.56 Å². The molecule has 0 bridgehead atoms. The van der Waals surface area contributed by atoms with E-state index in [1.165, 1.54) is 0 Å². The molecule has 0 spiro atoms. The Hall–Kier alpha value is -4.09. The first-order valence-corrected chi connectivity index (χ1v) is 11.9. The molecule has 0 aliphatic carbocycles. The lowest BCUT2D eigenvalue weighted by Crippen LogP contribution is -2.13. The minimum absolute atomic E-state index is 0.0168. The number of nitrogens with one attached hydrogen (secondary N) is 2. The standard InChI is InChI=1S/C29H18BrN3O/c30-18-15-13-17(14-16-18)27-25(19-7-1-4-10-22(19)31-27)26-21-9-3-6-12-24(21)33-28(26)32-23-11-5-2-8-20(23)29(33)34/h1-16,31-32H. The van der Waals surface area contributed by atoms with Crippen molar-refractivity contribution in [2.75, 3.05) is 0 Å². The largest absolute Gasteiger partial charge is 0.354 e. The van der Waals surface area contributed by atoms with Gasteiger partial charge in [-0.1, -0.05) is 76.6 Å². The number of para-hydroxylation sites is 3. The predicted octanol–water partition coefficient (Wildman–Crippen LogP) is 7.51. The monoisotopic (exact) mass is 503 g/mol. The van der Waals surface area contributed by atoms with Crippen LogP contribution < -0.4 is 5.56 Å². The maximum absolute atomic E-state index is 13.7. The summed E-state index contributed by atoms with van der Waals surface area (Å²) < 4.78 is 2.85. The summed E-state index contributed by atoms with van der Waals surface area (Å²) in [7, 11) is 0. The average Bonchev–Trinajstić information content (AvgIpc) is 3.40. The van der Waals surface area contributed by atoms with E-state index < -0.39 is 0 Å². The van der Waals surface area contributed by atoms with E-state index in [1.807, 2.05) is 52.9 Å². The minimum Gasteiger partial charge on any atom is -0.354 e. The van der Waals surface area contributed by atoms with Crippen LogP contribution in [-0.4, -0.2) is 14.4 Å². The molecule has 0 radical (unpaired) electrons. The number of benzene rings is 4. The predicted molar refractivity (Wildman–Crippen MR) is 143 cm³/mol. The summed E-state index contributed by atoms with van der Waals surface area (Å²) in [5.74, 6) is 0. The van der Waals surface area contributed by atoms with Crippen LogP contribution in [0.4, 0.5) is 0 Å². The first-order valence-electron chi connectivity index (χ1n) is 11.1. The molecule has 0 aliphatic rings. The molecule has 34 heavy (non-hydrogen) atoms. The molecule has 0 saturated heterocycles. The van der Waals surface area contributed by atoms with Crippen LogP contribution in [0.1, 0.15) is 0 Å². The summed E-state index contributed by atoms with van der Waals surface area (Å²) in [5, 5.41) is 2.83. The van der Waals surface area contributed by atoms with Gasteiger partial charge in [-0.15, -0.1) is 0 Å². The second kappa shape index (κ2) is 7.20. The lowest BCUT2D eigenvalue weighted by atomic mass is 9.97. The van der Waals surface area contributed by atoms with Crippen LogP contribution in [0.3, 0.4) is 0 Å². The minimum atomic E-state index is -0.0168. The summed E-state index contributed by atoms with van der Waals surface area (Å²) >= 11 is 3.55. The Morgan fingerprint density at radius 2 is 1.24 bits per heavy atom. The highest BCUT2D eigenvalue weighted by molar-refractivity contribution is 9.10. The Kier molecular flexibility index (Phi) is 4.11. The van der Waals surface area contributed by atoms with E-state index >= 15 is 0 Å². The normalized spacial score (nSPS) is 11.8. The summed E-state index contributed by atoms with van der Waals surface area (Å²) in [6.07, 6.45) is 0. The molecule has 4 nitrogen and oxygen atoms in total. The molecule has 0 fully saturated rings. The molecular weight excluding hydrogens is 486 g/mol. The zero-order valence-corrected chi connectivity index (χ0v) is 19.6. The van der Waals surface area contributed by atoms with Crippen LogP contribution in [0.2, 0.25) is 0 Å². The molecule has 3 aromatic heterocycles. The molecule has 0 amide bonds. The molecule has 0 atom stereocenters. The second-order valence-corrected chi connectivity index (χ2v) is 9.40. The summed E-state index contributed by atoms with van der Waals surface area (Å²) in [5.41, 5.74) is 7.78. The van der Waals surface area contributed by atoms with Crippen LogP contribution in [0.5, 0.6) is 0 Å². The van der Waals surface area contributed by atoms with Gasteiger partial charge >= 0.3 is 0 Å². The van der Waals surface area contributed by atoms with Gasteiger partial charge in [-0.05, 0) is 42.0 Å². The molecule has 0 unspecified atom stereocenters. The third-order valence-electron chi connectivity index (χ3n) is 6.58. The third kappa shape index (κ3) is 2.68. The highest BCUT2D eigenvalue weighted by Crippen LogP contribution is 2.44. The van der Waals surface area contributed by atoms with Crippen molar-refractivity contribution < 1.29 is 0 Å². The quantitative estimate of drug-likeness (QED) is 0.252. The van der Waals surface area contributed by atoms with Gasteiger partial charge in [0.1, 0.15) is 5.65 Å². The van der Waals surface area contributed by atoms with Crippen LogP contribution in [0, 0.1) is 0 Å². The van der Waals surface area contributed by atoms with Gasteiger partial charge in [-0.2, -0.15) is 0 Å². The zero-order chi connectivity index (χ0) is 22.8. The Labute approximate surface area is 202 Å². The van der Waals surface area contributed by atoms with E-state index in [0.29, 0.717) is 5.39 Å². The molecule has 2 N–H and O–H groups in total. The summed E-state index contributed by atoms with van der Waals surface area (Å²) in [6.45, 7) is 0. The van der Waals surface area contributed by atoms with Gasteiger partial charge in [0, 0.05) is 31.9 Å². The fraction of sp³-hybridized carbons (Fsp3) is 0. The fourth-order valence-electron chi connectivity index (χ4n) is 5.08. The Bertz CT molecular complexity index is 1940. The first-order chi connectivity index (χ1) is 16.7. The molecule has 5 heteroatoms. The smallest absolute Gasteiger partial charge is 0.266 e. The maximum atomic E-state index is 13.7. The van der Waals surface area contributed by atoms with Crippen LogP contribution in [-0.2, 0) is 0 Å². The van der Waals surface area contributed by atoms with Crippen LogP contribution in [0.25, 0.3) is 60.7 Å². The van der Waals surface area contributed by atoms with Crippen molar-refractivity contribution >= 4 is 54.3 Å². The van der Waals surface area contributed by atoms with Gasteiger partial charge in [-0.3, -0.25) is 9.20 Å². The Balaban J connectivity index is 1.72. The van der Waals surface area contributed by atoms with Crippen molar-refractivity contribution in [3.63, 3.8) is 0 Å². The van der Waals surface area contributed by atoms with Crippen molar-refractivity contribution in [2.45, 2.75) is 0 Å². The van der Waals surface area contributed by atoms with Crippen molar-refractivity contribution in [1.29, 1.82) is 0 Å². The Morgan fingerprint density at radius 3 is 2.00 bits per heavy atom.